The van der Waals surface area contributed by atoms with Crippen molar-refractivity contribution in [3.05, 3.63) is 12.2 Å². The van der Waals surface area contributed by atoms with Gasteiger partial charge in [-0.2, -0.15) is 5.10 Å². The minimum Gasteiger partial charge on any atom is -0.313 e. The monoisotopic (exact) mass is 277 g/mol. The van der Waals surface area contributed by atoms with Crippen molar-refractivity contribution in [3.63, 3.8) is 0 Å². The fourth-order valence-corrected chi connectivity index (χ4v) is 3.07. The molecule has 1 unspecified atom stereocenters. The van der Waals surface area contributed by atoms with Gasteiger partial charge in [0.1, 0.15) is 12.2 Å². The highest BCUT2D eigenvalue weighted by Crippen LogP contribution is 2.28. The van der Waals surface area contributed by atoms with Gasteiger partial charge in [0.2, 0.25) is 0 Å². The molecule has 2 fully saturated rings. The SMILES string of the molecule is CC(C)Cn1ncnc1CN(CC1CCCN1)C1CC1. The minimum atomic E-state index is 0.612. The van der Waals surface area contributed by atoms with Crippen LogP contribution in [0.3, 0.4) is 0 Å². The van der Waals surface area contributed by atoms with Gasteiger partial charge in [-0.05, 0) is 38.1 Å². The average Bonchev–Trinajstić information content (AvgIpc) is 2.97. The third-order valence-corrected chi connectivity index (χ3v) is 4.26. The van der Waals surface area contributed by atoms with E-state index in [2.05, 4.69) is 38.8 Å². The first-order chi connectivity index (χ1) is 9.72. The molecule has 112 valence electrons. The molecular weight excluding hydrogens is 250 g/mol. The molecule has 2 heterocycles. The fraction of sp³-hybridized carbons (Fsp3) is 0.867. The first kappa shape index (κ1) is 14.0. The summed E-state index contributed by atoms with van der Waals surface area (Å²) in [7, 11) is 0. The Morgan fingerprint density at radius 1 is 1.40 bits per heavy atom. The molecule has 0 radical (unpaired) electrons. The summed E-state index contributed by atoms with van der Waals surface area (Å²) in [6.07, 6.45) is 7.06. The van der Waals surface area contributed by atoms with Crippen LogP contribution in [0.5, 0.6) is 0 Å². The molecule has 1 aromatic rings. The molecule has 1 aliphatic carbocycles. The lowest BCUT2D eigenvalue weighted by Gasteiger charge is -2.25. The van der Waals surface area contributed by atoms with Crippen LogP contribution in [0.25, 0.3) is 0 Å². The molecule has 1 aromatic heterocycles. The van der Waals surface area contributed by atoms with Crippen molar-refractivity contribution in [2.45, 2.75) is 64.7 Å². The quantitative estimate of drug-likeness (QED) is 0.823. The molecule has 0 amide bonds. The standard InChI is InChI=1S/C15H27N5/c1-12(2)8-20-15(17-11-18-20)10-19(14-5-6-14)9-13-4-3-7-16-13/h11-14,16H,3-10H2,1-2H3. The van der Waals surface area contributed by atoms with E-state index in [1.165, 1.54) is 38.8 Å². The number of aromatic nitrogens is 3. The second-order valence-corrected chi connectivity index (χ2v) is 6.71. The molecule has 3 rings (SSSR count). The zero-order chi connectivity index (χ0) is 13.9. The van der Waals surface area contributed by atoms with Crippen molar-refractivity contribution >= 4 is 0 Å². The summed E-state index contributed by atoms with van der Waals surface area (Å²) in [5, 5.41) is 8.00. The van der Waals surface area contributed by atoms with E-state index < -0.39 is 0 Å². The van der Waals surface area contributed by atoms with Crippen LogP contribution >= 0.6 is 0 Å². The van der Waals surface area contributed by atoms with Crippen LogP contribution < -0.4 is 5.32 Å². The third kappa shape index (κ3) is 3.58. The first-order valence-corrected chi connectivity index (χ1v) is 8.06. The van der Waals surface area contributed by atoms with Crippen LogP contribution in [0, 0.1) is 5.92 Å². The molecule has 5 nitrogen and oxygen atoms in total. The topological polar surface area (TPSA) is 46.0 Å². The van der Waals surface area contributed by atoms with Crippen LogP contribution in [-0.4, -0.2) is 44.8 Å². The molecule has 2 aliphatic rings. The van der Waals surface area contributed by atoms with Gasteiger partial charge in [-0.15, -0.1) is 0 Å². The Labute approximate surface area is 121 Å². The van der Waals surface area contributed by atoms with Gasteiger partial charge < -0.3 is 5.32 Å². The minimum absolute atomic E-state index is 0.612. The van der Waals surface area contributed by atoms with Gasteiger partial charge in [0.25, 0.3) is 0 Å². The molecule has 20 heavy (non-hydrogen) atoms. The van der Waals surface area contributed by atoms with Crippen LogP contribution in [0.1, 0.15) is 45.4 Å². The molecule has 5 heteroatoms. The van der Waals surface area contributed by atoms with Crippen LogP contribution in [0.15, 0.2) is 6.33 Å². The molecule has 0 aromatic carbocycles. The number of nitrogens with one attached hydrogen (secondary N) is 1. The number of rotatable bonds is 7. The Morgan fingerprint density at radius 3 is 2.90 bits per heavy atom. The highest BCUT2D eigenvalue weighted by Gasteiger charge is 2.32. The van der Waals surface area contributed by atoms with Gasteiger partial charge >= 0.3 is 0 Å². The molecule has 1 saturated heterocycles. The first-order valence-electron chi connectivity index (χ1n) is 8.06. The normalized spacial score (nSPS) is 23.1. The van der Waals surface area contributed by atoms with Crippen LogP contribution in [0.4, 0.5) is 0 Å². The summed E-state index contributed by atoms with van der Waals surface area (Å²) >= 11 is 0. The van der Waals surface area contributed by atoms with Gasteiger partial charge in [-0.3, -0.25) is 4.90 Å². The maximum Gasteiger partial charge on any atom is 0.141 e. The Morgan fingerprint density at radius 2 is 2.25 bits per heavy atom. The van der Waals surface area contributed by atoms with E-state index >= 15 is 0 Å². The summed E-state index contributed by atoms with van der Waals surface area (Å²) < 4.78 is 2.09. The van der Waals surface area contributed by atoms with E-state index in [1.54, 1.807) is 6.33 Å². The van der Waals surface area contributed by atoms with E-state index in [9.17, 15) is 0 Å². The second-order valence-electron chi connectivity index (χ2n) is 6.71. The lowest BCUT2D eigenvalue weighted by molar-refractivity contribution is 0.220. The maximum absolute atomic E-state index is 4.48. The number of nitrogens with zero attached hydrogens (tertiary/aromatic N) is 4. The van der Waals surface area contributed by atoms with Crippen LogP contribution in [0.2, 0.25) is 0 Å². The van der Waals surface area contributed by atoms with Gasteiger partial charge in [0.15, 0.2) is 0 Å². The summed E-state index contributed by atoms with van der Waals surface area (Å²) in [6.45, 7) is 8.73. The molecule has 1 atom stereocenters. The smallest absolute Gasteiger partial charge is 0.141 e. The molecule has 0 bridgehead atoms. The lowest BCUT2D eigenvalue weighted by atomic mass is 10.2. The molecule has 1 aliphatic heterocycles. The summed E-state index contributed by atoms with van der Waals surface area (Å²) in [5.74, 6) is 1.74. The van der Waals surface area contributed by atoms with Crippen molar-refractivity contribution in [1.29, 1.82) is 0 Å². The summed E-state index contributed by atoms with van der Waals surface area (Å²) in [4.78, 5) is 7.10. The van der Waals surface area contributed by atoms with Gasteiger partial charge in [0, 0.05) is 25.2 Å². The third-order valence-electron chi connectivity index (χ3n) is 4.26. The molecule has 1 saturated carbocycles. The van der Waals surface area contributed by atoms with Crippen LogP contribution in [-0.2, 0) is 13.1 Å². The Hall–Kier alpha value is -0.940. The van der Waals surface area contributed by atoms with E-state index in [0.29, 0.717) is 12.0 Å². The molecule has 0 spiro atoms. The Kier molecular flexibility index (Phi) is 4.36. The van der Waals surface area contributed by atoms with E-state index in [-0.39, 0.29) is 0 Å². The number of hydrogen-bond donors (Lipinski definition) is 1. The van der Waals surface area contributed by atoms with Gasteiger partial charge in [-0.25, -0.2) is 9.67 Å². The Balaban J connectivity index is 1.62. The van der Waals surface area contributed by atoms with Gasteiger partial charge in [-0.1, -0.05) is 13.8 Å². The van der Waals surface area contributed by atoms with Crippen molar-refractivity contribution in [1.82, 2.24) is 25.0 Å². The van der Waals surface area contributed by atoms with Gasteiger partial charge in [0.05, 0.1) is 6.54 Å². The molecule has 1 N–H and O–H groups in total. The number of hydrogen-bond acceptors (Lipinski definition) is 4. The zero-order valence-corrected chi connectivity index (χ0v) is 12.8. The highest BCUT2D eigenvalue weighted by molar-refractivity contribution is 4.93. The fourth-order valence-electron chi connectivity index (χ4n) is 3.07. The lowest BCUT2D eigenvalue weighted by Crippen LogP contribution is -2.39. The van der Waals surface area contributed by atoms with Crippen molar-refractivity contribution in [3.8, 4) is 0 Å². The largest absolute Gasteiger partial charge is 0.313 e. The van der Waals surface area contributed by atoms with Crippen molar-refractivity contribution in [2.24, 2.45) is 5.92 Å². The maximum atomic E-state index is 4.48. The van der Waals surface area contributed by atoms with E-state index in [1.807, 2.05) is 0 Å². The average molecular weight is 277 g/mol. The summed E-state index contributed by atoms with van der Waals surface area (Å²) in [6, 6.07) is 1.46. The predicted octanol–water partition coefficient (Wildman–Crippen LogP) is 1.65. The van der Waals surface area contributed by atoms with E-state index in [0.717, 1.165) is 25.0 Å². The summed E-state index contributed by atoms with van der Waals surface area (Å²) in [5.41, 5.74) is 0. The Bertz CT molecular complexity index is 418. The second kappa shape index (κ2) is 6.22. The highest BCUT2D eigenvalue weighted by atomic mass is 15.4. The zero-order valence-electron chi connectivity index (χ0n) is 12.8. The van der Waals surface area contributed by atoms with Crippen molar-refractivity contribution < 1.29 is 0 Å². The van der Waals surface area contributed by atoms with E-state index in [4.69, 9.17) is 0 Å². The van der Waals surface area contributed by atoms with Crippen molar-refractivity contribution in [2.75, 3.05) is 13.1 Å². The predicted molar refractivity (Wildman–Crippen MR) is 79.3 cm³/mol. The molecular formula is C15H27N5.